The van der Waals surface area contributed by atoms with E-state index in [0.717, 1.165) is 0 Å². The Bertz CT molecular complexity index is 530. The standard InChI is InChI=1S/C14H16Br2O5/c1-3-20-11-5-8(9(15)6-12(11)21-4-2)14(19)10(16)7-13(17)18/h5-6,10H,3-4,7H2,1-2H3,(H,17,18). The maximum atomic E-state index is 12.3. The Morgan fingerprint density at radius 1 is 1.19 bits per heavy atom. The molecule has 1 unspecified atom stereocenters. The maximum absolute atomic E-state index is 12.3. The van der Waals surface area contributed by atoms with Crippen molar-refractivity contribution in [3.05, 3.63) is 22.2 Å². The van der Waals surface area contributed by atoms with Gasteiger partial charge in [0, 0.05) is 10.0 Å². The summed E-state index contributed by atoms with van der Waals surface area (Å²) in [7, 11) is 0. The van der Waals surface area contributed by atoms with Gasteiger partial charge >= 0.3 is 5.97 Å². The Morgan fingerprint density at radius 2 is 1.71 bits per heavy atom. The van der Waals surface area contributed by atoms with Gasteiger partial charge in [0.2, 0.25) is 0 Å². The minimum Gasteiger partial charge on any atom is -0.490 e. The first-order valence-electron chi connectivity index (χ1n) is 6.39. The molecule has 0 aliphatic heterocycles. The highest BCUT2D eigenvalue weighted by Crippen LogP contribution is 2.35. The summed E-state index contributed by atoms with van der Waals surface area (Å²) in [6.45, 7) is 4.59. The van der Waals surface area contributed by atoms with Gasteiger partial charge in [0.25, 0.3) is 0 Å². The molecule has 0 aromatic heterocycles. The van der Waals surface area contributed by atoms with Crippen LogP contribution in [0.3, 0.4) is 0 Å². The Morgan fingerprint density at radius 3 is 2.19 bits per heavy atom. The highest BCUT2D eigenvalue weighted by Gasteiger charge is 2.24. The number of aliphatic carboxylic acids is 1. The van der Waals surface area contributed by atoms with Gasteiger partial charge in [-0.25, -0.2) is 0 Å². The van der Waals surface area contributed by atoms with Crippen molar-refractivity contribution < 1.29 is 24.2 Å². The molecule has 0 radical (unpaired) electrons. The number of hydrogen-bond acceptors (Lipinski definition) is 4. The second-order valence-corrected chi connectivity index (χ2v) is 6.03. The zero-order chi connectivity index (χ0) is 16.0. The Kier molecular flexibility index (Phi) is 7.17. The number of halogens is 2. The van der Waals surface area contributed by atoms with Crippen molar-refractivity contribution in [2.75, 3.05) is 13.2 Å². The molecule has 1 aromatic rings. The first kappa shape index (κ1) is 18.0. The van der Waals surface area contributed by atoms with Crippen molar-refractivity contribution in [3.63, 3.8) is 0 Å². The Balaban J connectivity index is 3.14. The van der Waals surface area contributed by atoms with E-state index >= 15 is 0 Å². The number of Topliss-reactive ketones (excluding diaryl/α,β-unsaturated/α-hetero) is 1. The Labute approximate surface area is 139 Å². The average Bonchev–Trinajstić information content (AvgIpc) is 2.40. The number of benzene rings is 1. The van der Waals surface area contributed by atoms with Gasteiger partial charge < -0.3 is 14.6 Å². The van der Waals surface area contributed by atoms with Gasteiger partial charge in [-0.2, -0.15) is 0 Å². The number of carboxylic acids is 1. The van der Waals surface area contributed by atoms with Crippen LogP contribution < -0.4 is 9.47 Å². The fourth-order valence-corrected chi connectivity index (χ4v) is 2.72. The number of ether oxygens (including phenoxy) is 2. The molecule has 21 heavy (non-hydrogen) atoms. The topological polar surface area (TPSA) is 72.8 Å². The number of ketones is 1. The molecule has 0 saturated heterocycles. The maximum Gasteiger partial charge on any atom is 0.304 e. The number of carbonyl (C=O) groups is 2. The van der Waals surface area contributed by atoms with Crippen molar-refractivity contribution in [1.82, 2.24) is 0 Å². The lowest BCUT2D eigenvalue weighted by Gasteiger charge is -2.15. The third kappa shape index (κ3) is 5.00. The van der Waals surface area contributed by atoms with E-state index in [2.05, 4.69) is 31.9 Å². The van der Waals surface area contributed by atoms with Crippen LogP contribution in [0.15, 0.2) is 16.6 Å². The quantitative estimate of drug-likeness (QED) is 0.510. The minimum atomic E-state index is -1.04. The van der Waals surface area contributed by atoms with E-state index in [1.54, 1.807) is 12.1 Å². The summed E-state index contributed by atoms with van der Waals surface area (Å²) in [6, 6.07) is 3.22. The van der Waals surface area contributed by atoms with Crippen LogP contribution in [0.4, 0.5) is 0 Å². The van der Waals surface area contributed by atoms with E-state index in [0.29, 0.717) is 34.7 Å². The van der Waals surface area contributed by atoms with Crippen LogP contribution in [0.25, 0.3) is 0 Å². The number of hydrogen-bond donors (Lipinski definition) is 1. The molecule has 1 rings (SSSR count). The molecule has 0 amide bonds. The molecule has 1 atom stereocenters. The molecule has 0 aliphatic rings. The lowest BCUT2D eigenvalue weighted by atomic mass is 10.1. The summed E-state index contributed by atoms with van der Waals surface area (Å²) < 4.78 is 11.5. The summed E-state index contributed by atoms with van der Waals surface area (Å²) in [5.74, 6) is -0.376. The third-order valence-electron chi connectivity index (χ3n) is 2.54. The van der Waals surface area contributed by atoms with Gasteiger partial charge in [-0.15, -0.1) is 0 Å². The number of carboxylic acid groups (broad SMARTS) is 1. The number of carbonyl (C=O) groups excluding carboxylic acids is 1. The van der Waals surface area contributed by atoms with Crippen LogP contribution in [-0.2, 0) is 4.79 Å². The lowest BCUT2D eigenvalue weighted by Crippen LogP contribution is -2.19. The summed E-state index contributed by atoms with van der Waals surface area (Å²) in [5, 5.41) is 8.76. The van der Waals surface area contributed by atoms with Gasteiger partial charge in [-0.3, -0.25) is 9.59 Å². The van der Waals surface area contributed by atoms with Gasteiger partial charge in [0.15, 0.2) is 17.3 Å². The minimum absolute atomic E-state index is 0.289. The summed E-state index contributed by atoms with van der Waals surface area (Å²) in [6.07, 6.45) is -0.289. The average molecular weight is 424 g/mol. The normalized spacial score (nSPS) is 11.8. The van der Waals surface area contributed by atoms with E-state index in [1.165, 1.54) is 0 Å². The number of rotatable bonds is 8. The molecule has 1 N–H and O–H groups in total. The number of alkyl halides is 1. The lowest BCUT2D eigenvalue weighted by molar-refractivity contribution is -0.136. The van der Waals surface area contributed by atoms with Crippen molar-refractivity contribution >= 4 is 43.6 Å². The summed E-state index contributed by atoms with van der Waals surface area (Å²) in [5.41, 5.74) is 0.352. The smallest absolute Gasteiger partial charge is 0.304 e. The predicted molar refractivity (Wildman–Crippen MR) is 85.8 cm³/mol. The molecule has 0 saturated carbocycles. The SMILES string of the molecule is CCOc1cc(Br)c(C(=O)C(Br)CC(=O)O)cc1OCC. The van der Waals surface area contributed by atoms with Crippen molar-refractivity contribution in [3.8, 4) is 11.5 Å². The second-order valence-electron chi connectivity index (χ2n) is 4.07. The van der Waals surface area contributed by atoms with E-state index in [4.69, 9.17) is 14.6 Å². The van der Waals surface area contributed by atoms with E-state index in [-0.39, 0.29) is 12.2 Å². The van der Waals surface area contributed by atoms with Crippen LogP contribution in [-0.4, -0.2) is 34.9 Å². The zero-order valence-electron chi connectivity index (χ0n) is 11.7. The molecule has 0 aliphatic carbocycles. The highest BCUT2D eigenvalue weighted by molar-refractivity contribution is 9.10. The summed E-state index contributed by atoms with van der Waals surface area (Å²) >= 11 is 6.42. The zero-order valence-corrected chi connectivity index (χ0v) is 14.9. The largest absolute Gasteiger partial charge is 0.490 e. The first-order chi connectivity index (χ1) is 9.90. The molecular weight excluding hydrogens is 408 g/mol. The molecule has 0 bridgehead atoms. The van der Waals surface area contributed by atoms with Crippen molar-refractivity contribution in [1.29, 1.82) is 0 Å². The molecule has 5 nitrogen and oxygen atoms in total. The summed E-state index contributed by atoms with van der Waals surface area (Å²) in [4.78, 5) is 22.2. The van der Waals surface area contributed by atoms with Crippen LogP contribution in [0.1, 0.15) is 30.6 Å². The second kappa shape index (κ2) is 8.38. The third-order valence-corrected chi connectivity index (χ3v) is 3.93. The predicted octanol–water partition coefficient (Wildman–Crippen LogP) is 3.67. The monoisotopic (exact) mass is 422 g/mol. The molecular formula is C14H16Br2O5. The highest BCUT2D eigenvalue weighted by atomic mass is 79.9. The molecule has 116 valence electrons. The van der Waals surface area contributed by atoms with Crippen LogP contribution in [0.2, 0.25) is 0 Å². The van der Waals surface area contributed by atoms with Crippen molar-refractivity contribution in [2.24, 2.45) is 0 Å². The first-order valence-corrected chi connectivity index (χ1v) is 8.10. The molecule has 7 heteroatoms. The van der Waals surface area contributed by atoms with E-state index in [9.17, 15) is 9.59 Å². The fourth-order valence-electron chi connectivity index (χ4n) is 1.68. The van der Waals surface area contributed by atoms with Gasteiger partial charge in [-0.1, -0.05) is 15.9 Å². The molecule has 0 heterocycles. The molecule has 0 spiro atoms. The van der Waals surface area contributed by atoms with Crippen LogP contribution in [0, 0.1) is 0 Å². The molecule has 0 fully saturated rings. The Hall–Kier alpha value is -1.08. The van der Waals surface area contributed by atoms with Gasteiger partial charge in [-0.05, 0) is 41.9 Å². The van der Waals surface area contributed by atoms with E-state index < -0.39 is 10.8 Å². The molecule has 1 aromatic carbocycles. The van der Waals surface area contributed by atoms with Crippen LogP contribution in [0.5, 0.6) is 11.5 Å². The fraction of sp³-hybridized carbons (Fsp3) is 0.429. The van der Waals surface area contributed by atoms with Gasteiger partial charge in [0.1, 0.15) is 0 Å². The van der Waals surface area contributed by atoms with E-state index in [1.807, 2.05) is 13.8 Å². The van der Waals surface area contributed by atoms with Crippen molar-refractivity contribution in [2.45, 2.75) is 25.1 Å². The van der Waals surface area contributed by atoms with Crippen LogP contribution >= 0.6 is 31.9 Å². The van der Waals surface area contributed by atoms with Gasteiger partial charge in [0.05, 0.1) is 24.5 Å².